The summed E-state index contributed by atoms with van der Waals surface area (Å²) < 4.78 is 43.4. The van der Waals surface area contributed by atoms with Crippen LogP contribution in [0, 0.1) is 6.92 Å². The molecule has 2 amide bonds. The quantitative estimate of drug-likeness (QED) is 0.235. The van der Waals surface area contributed by atoms with Crippen LogP contribution in [0.1, 0.15) is 62.0 Å². The predicted octanol–water partition coefficient (Wildman–Crippen LogP) is 6.92. The molecule has 1 N–H and O–H groups in total. The first-order valence-electron chi connectivity index (χ1n) is 12.9. The summed E-state index contributed by atoms with van der Waals surface area (Å²) in [6.45, 7) is 6.09. The molecule has 208 valence electrons. The van der Waals surface area contributed by atoms with Gasteiger partial charge in [0.1, 0.15) is 0 Å². The Bertz CT molecular complexity index is 1550. The predicted molar refractivity (Wildman–Crippen MR) is 150 cm³/mol. The van der Waals surface area contributed by atoms with Gasteiger partial charge in [0.15, 0.2) is 0 Å². The lowest BCUT2D eigenvalue weighted by molar-refractivity contribution is -0.138. The molecule has 10 heteroatoms. The average molecular weight is 567 g/mol. The van der Waals surface area contributed by atoms with Gasteiger partial charge in [-0.3, -0.25) is 19.2 Å². The van der Waals surface area contributed by atoms with E-state index in [-0.39, 0.29) is 24.4 Å². The summed E-state index contributed by atoms with van der Waals surface area (Å²) in [7, 11) is 1.88. The van der Waals surface area contributed by atoms with Gasteiger partial charge in [-0.05, 0) is 49.1 Å². The summed E-state index contributed by atoms with van der Waals surface area (Å²) in [4.78, 5) is 28.4. The maximum Gasteiger partial charge on any atom is 0.416 e. The van der Waals surface area contributed by atoms with Gasteiger partial charge in [-0.25, -0.2) is 0 Å². The molecule has 40 heavy (non-hydrogen) atoms. The highest BCUT2D eigenvalue weighted by atomic mass is 32.1. The lowest BCUT2D eigenvalue weighted by atomic mass is 9.99. The molecule has 0 saturated carbocycles. The second kappa shape index (κ2) is 10.6. The molecule has 1 aliphatic rings. The third kappa shape index (κ3) is 5.15. The van der Waals surface area contributed by atoms with E-state index in [1.807, 2.05) is 30.9 Å². The topological polar surface area (TPSA) is 67.2 Å². The number of nitrogens with zero attached hydrogens (tertiary/aromatic N) is 3. The number of thiophene rings is 1. The number of alkyl halides is 3. The number of hydrogen-bond acceptors (Lipinski definition) is 5. The molecule has 0 fully saturated rings. The van der Waals surface area contributed by atoms with Gasteiger partial charge in [0.25, 0.3) is 11.8 Å². The molecule has 6 nitrogen and oxygen atoms in total. The molecule has 5 rings (SSSR count). The summed E-state index contributed by atoms with van der Waals surface area (Å²) in [6, 6.07) is 13.2. The minimum atomic E-state index is -4.53. The van der Waals surface area contributed by atoms with Gasteiger partial charge in [-0.2, -0.15) is 18.3 Å². The van der Waals surface area contributed by atoms with Crippen LogP contribution in [0.15, 0.2) is 60.8 Å². The second-order valence-corrected chi connectivity index (χ2v) is 11.5. The fourth-order valence-corrected chi connectivity index (χ4v) is 6.22. The Balaban J connectivity index is 1.50. The van der Waals surface area contributed by atoms with E-state index in [9.17, 15) is 22.8 Å². The zero-order valence-electron chi connectivity index (χ0n) is 22.5. The number of nitrogens with one attached hydrogen (secondary N) is 1. The largest absolute Gasteiger partial charge is 0.416 e. The van der Waals surface area contributed by atoms with Crippen LogP contribution in [0.2, 0.25) is 0 Å². The van der Waals surface area contributed by atoms with E-state index in [2.05, 4.69) is 24.3 Å². The Labute approximate surface area is 234 Å². The third-order valence-corrected chi connectivity index (χ3v) is 8.16. The Morgan fingerprint density at radius 1 is 0.975 bits per heavy atom. The van der Waals surface area contributed by atoms with Crippen LogP contribution in [0.4, 0.5) is 18.2 Å². The van der Waals surface area contributed by atoms with Crippen molar-refractivity contribution in [2.45, 2.75) is 45.3 Å². The van der Waals surface area contributed by atoms with Crippen molar-refractivity contribution in [3.63, 3.8) is 0 Å². The zero-order chi connectivity index (χ0) is 28.8. The highest BCUT2D eigenvalue weighted by molar-refractivity contribution is 7.16. The molecule has 4 aromatic rings. The number of rotatable bonds is 8. The summed E-state index contributed by atoms with van der Waals surface area (Å²) in [5, 5.41) is 8.53. The first kappa shape index (κ1) is 27.6. The van der Waals surface area contributed by atoms with Gasteiger partial charge in [0, 0.05) is 35.6 Å². The zero-order valence-corrected chi connectivity index (χ0v) is 23.4. The molecular formula is C30H29F3N4O2S. The van der Waals surface area contributed by atoms with Crippen LogP contribution in [0.25, 0.3) is 11.3 Å². The van der Waals surface area contributed by atoms with Crippen molar-refractivity contribution in [1.29, 1.82) is 0 Å². The average Bonchev–Trinajstić information content (AvgIpc) is 3.53. The molecule has 0 unspecified atom stereocenters. The van der Waals surface area contributed by atoms with E-state index >= 15 is 0 Å². The summed E-state index contributed by atoms with van der Waals surface area (Å²) in [5.41, 5.74) is 3.01. The Morgan fingerprint density at radius 2 is 1.60 bits per heavy atom. The standard InChI is InChI=1S/C30H29F3N4O2S/c1-17(2)24-15-34-36(4)27(24)23-14-26(40-18(23)3)35-20(13-19-9-5-8-12-25(19)30(31,32)33)16-37-28(38)21-10-6-7-11-22(21)29(37)39/h5-12,14-15,17,20,35H,13,16H2,1-4H3/t20-/m0/s1. The summed E-state index contributed by atoms with van der Waals surface area (Å²) >= 11 is 1.47. The van der Waals surface area contributed by atoms with Crippen LogP contribution in [0.3, 0.4) is 0 Å². The number of carbonyl (C=O) groups excluding carboxylic acids is 2. The van der Waals surface area contributed by atoms with Crippen molar-refractivity contribution in [2.75, 3.05) is 11.9 Å². The summed E-state index contributed by atoms with van der Waals surface area (Å²) in [5.74, 6) is -0.646. The molecule has 3 heterocycles. The second-order valence-electron chi connectivity index (χ2n) is 10.3. The number of anilines is 1. The van der Waals surface area contributed by atoms with Gasteiger partial charge in [-0.1, -0.05) is 44.2 Å². The van der Waals surface area contributed by atoms with E-state index in [1.54, 1.807) is 30.3 Å². The van der Waals surface area contributed by atoms with Crippen molar-refractivity contribution in [2.24, 2.45) is 7.05 Å². The molecule has 0 bridgehead atoms. The molecule has 0 spiro atoms. The molecule has 1 atom stereocenters. The highest BCUT2D eigenvalue weighted by Gasteiger charge is 2.38. The molecule has 1 aliphatic heterocycles. The normalized spacial score (nSPS) is 14.2. The van der Waals surface area contributed by atoms with Crippen LogP contribution < -0.4 is 5.32 Å². The van der Waals surface area contributed by atoms with E-state index in [0.29, 0.717) is 11.1 Å². The van der Waals surface area contributed by atoms with Crippen molar-refractivity contribution < 1.29 is 22.8 Å². The molecule has 0 radical (unpaired) electrons. The molecule has 2 aromatic heterocycles. The van der Waals surface area contributed by atoms with Crippen LogP contribution >= 0.6 is 11.3 Å². The first-order valence-corrected chi connectivity index (χ1v) is 13.8. The fourth-order valence-electron chi connectivity index (χ4n) is 5.22. The molecule has 0 aliphatic carbocycles. The Morgan fingerprint density at radius 3 is 2.23 bits per heavy atom. The number of fused-ring (bicyclic) bond motifs is 1. The van der Waals surface area contributed by atoms with Gasteiger partial charge < -0.3 is 5.32 Å². The number of imide groups is 1. The van der Waals surface area contributed by atoms with Gasteiger partial charge in [0.05, 0.1) is 33.6 Å². The fraction of sp³-hybridized carbons (Fsp3) is 0.300. The van der Waals surface area contributed by atoms with Crippen LogP contribution in [0.5, 0.6) is 0 Å². The van der Waals surface area contributed by atoms with E-state index in [0.717, 1.165) is 37.7 Å². The highest BCUT2D eigenvalue weighted by Crippen LogP contribution is 2.39. The van der Waals surface area contributed by atoms with Gasteiger partial charge in [-0.15, -0.1) is 11.3 Å². The Hall–Kier alpha value is -3.92. The molecular weight excluding hydrogens is 537 g/mol. The number of benzene rings is 2. The number of carbonyl (C=O) groups is 2. The van der Waals surface area contributed by atoms with Gasteiger partial charge >= 0.3 is 6.18 Å². The lowest BCUT2D eigenvalue weighted by Crippen LogP contribution is -2.41. The monoisotopic (exact) mass is 566 g/mol. The maximum atomic E-state index is 13.8. The van der Waals surface area contributed by atoms with Crippen molar-refractivity contribution in [1.82, 2.24) is 14.7 Å². The third-order valence-electron chi connectivity index (χ3n) is 7.18. The minimum Gasteiger partial charge on any atom is -0.372 e. The molecule has 0 saturated heterocycles. The van der Waals surface area contributed by atoms with Crippen LogP contribution in [-0.2, 0) is 19.6 Å². The number of aryl methyl sites for hydroxylation is 2. The van der Waals surface area contributed by atoms with E-state index < -0.39 is 29.6 Å². The maximum absolute atomic E-state index is 13.8. The SMILES string of the molecule is Cc1sc(N[C@@H](Cc2ccccc2C(F)(F)F)CN2C(=O)c3ccccc3C2=O)cc1-c1c(C(C)C)cnn1C. The molecule has 2 aromatic carbocycles. The smallest absolute Gasteiger partial charge is 0.372 e. The number of halogens is 3. The number of aromatic nitrogens is 2. The van der Waals surface area contributed by atoms with E-state index in [1.165, 1.54) is 23.5 Å². The number of hydrogen-bond donors (Lipinski definition) is 1. The van der Waals surface area contributed by atoms with E-state index in [4.69, 9.17) is 0 Å². The number of amides is 2. The minimum absolute atomic E-state index is 0.0433. The summed E-state index contributed by atoms with van der Waals surface area (Å²) in [6.07, 6.45) is -2.72. The Kier molecular flexibility index (Phi) is 7.31. The first-order chi connectivity index (χ1) is 19.0. The van der Waals surface area contributed by atoms with Crippen molar-refractivity contribution in [3.8, 4) is 11.3 Å². The van der Waals surface area contributed by atoms with Gasteiger partial charge in [0.2, 0.25) is 0 Å². The lowest BCUT2D eigenvalue weighted by Gasteiger charge is -2.25. The van der Waals surface area contributed by atoms with Crippen molar-refractivity contribution in [3.05, 3.63) is 93.5 Å². The van der Waals surface area contributed by atoms with Crippen molar-refractivity contribution >= 4 is 28.2 Å². The van der Waals surface area contributed by atoms with Crippen LogP contribution in [-0.4, -0.2) is 39.1 Å².